The Balaban J connectivity index is 2.50. The highest BCUT2D eigenvalue weighted by Crippen LogP contribution is 2.30. The lowest BCUT2D eigenvalue weighted by molar-refractivity contribution is -0.140. The molecule has 0 saturated carbocycles. The average Bonchev–Trinajstić information content (AvgIpc) is 2.54. The van der Waals surface area contributed by atoms with Crippen LogP contribution in [-0.4, -0.2) is 43.7 Å². The number of hydrogen-bond donors (Lipinski definition) is 1. The van der Waals surface area contributed by atoms with Crippen LogP contribution in [0.1, 0.15) is 20.3 Å². The molecule has 0 aromatic heterocycles. The topological polar surface area (TPSA) is 73.9 Å². The molecule has 0 aliphatic heterocycles. The van der Waals surface area contributed by atoms with E-state index in [0.29, 0.717) is 42.6 Å². The number of hydrogen-bond acceptors (Lipinski definition) is 6. The molecule has 6 nitrogen and oxygen atoms in total. The van der Waals surface area contributed by atoms with Gasteiger partial charge in [0.1, 0.15) is 0 Å². The number of carbonyl (C=O) groups is 2. The van der Waals surface area contributed by atoms with E-state index in [4.69, 9.17) is 9.47 Å². The molecule has 1 aromatic carbocycles. The van der Waals surface area contributed by atoms with Crippen molar-refractivity contribution in [3.05, 3.63) is 18.2 Å². The molecule has 0 saturated heterocycles. The van der Waals surface area contributed by atoms with Crippen molar-refractivity contribution >= 4 is 29.3 Å². The molecule has 0 heterocycles. The fourth-order valence-electron chi connectivity index (χ4n) is 1.75. The lowest BCUT2D eigenvalue weighted by atomic mass is 10.2. The summed E-state index contributed by atoms with van der Waals surface area (Å²) in [6, 6.07) is 5.28. The Bertz CT molecular complexity index is 521. The molecule has 128 valence electrons. The third-order valence-electron chi connectivity index (χ3n) is 2.74. The molecule has 0 aliphatic carbocycles. The Labute approximate surface area is 140 Å². The van der Waals surface area contributed by atoms with Crippen molar-refractivity contribution in [1.29, 1.82) is 0 Å². The van der Waals surface area contributed by atoms with E-state index in [0.717, 1.165) is 0 Å². The fourth-order valence-corrected chi connectivity index (χ4v) is 2.46. The molecule has 0 fully saturated rings. The first-order chi connectivity index (χ1) is 11.1. The summed E-state index contributed by atoms with van der Waals surface area (Å²) in [5.74, 6) is 1.67. The average molecular weight is 341 g/mol. The van der Waals surface area contributed by atoms with E-state index < -0.39 is 0 Å². The number of benzene rings is 1. The zero-order valence-electron chi connectivity index (χ0n) is 13.7. The van der Waals surface area contributed by atoms with Crippen LogP contribution in [0.25, 0.3) is 0 Å². The Kier molecular flexibility index (Phi) is 8.97. The van der Waals surface area contributed by atoms with E-state index in [1.807, 2.05) is 13.8 Å². The summed E-state index contributed by atoms with van der Waals surface area (Å²) in [5, 5.41) is 2.80. The maximum absolute atomic E-state index is 11.9. The molecule has 0 bridgehead atoms. The molecule has 0 spiro atoms. The number of rotatable bonds is 10. The van der Waals surface area contributed by atoms with Gasteiger partial charge >= 0.3 is 5.97 Å². The van der Waals surface area contributed by atoms with Gasteiger partial charge in [-0.1, -0.05) is 0 Å². The molecule has 0 atom stereocenters. The maximum Gasteiger partial charge on any atom is 0.306 e. The number of carbonyl (C=O) groups excluding carboxylic acids is 2. The van der Waals surface area contributed by atoms with Crippen LogP contribution in [0.3, 0.4) is 0 Å². The number of esters is 1. The van der Waals surface area contributed by atoms with Crippen LogP contribution < -0.4 is 14.8 Å². The first-order valence-electron chi connectivity index (χ1n) is 7.44. The van der Waals surface area contributed by atoms with Crippen molar-refractivity contribution in [2.45, 2.75) is 20.3 Å². The quantitative estimate of drug-likeness (QED) is 0.521. The first kappa shape index (κ1) is 19.2. The van der Waals surface area contributed by atoms with Gasteiger partial charge in [0.25, 0.3) is 0 Å². The molecule has 1 N–H and O–H groups in total. The highest BCUT2D eigenvalue weighted by atomic mass is 32.2. The number of thioether (sulfide) groups is 1. The predicted molar refractivity (Wildman–Crippen MR) is 91.4 cm³/mol. The molecule has 0 aliphatic rings. The minimum atomic E-state index is -0.272. The van der Waals surface area contributed by atoms with E-state index in [1.165, 1.54) is 18.9 Å². The van der Waals surface area contributed by atoms with Gasteiger partial charge in [-0.25, -0.2) is 0 Å². The monoisotopic (exact) mass is 341 g/mol. The number of ether oxygens (including phenoxy) is 3. The highest BCUT2D eigenvalue weighted by Gasteiger charge is 2.09. The molecule has 0 radical (unpaired) electrons. The molecular formula is C16H23NO5S. The van der Waals surface area contributed by atoms with Gasteiger partial charge in [0.15, 0.2) is 11.5 Å². The molecule has 1 aromatic rings. The Morgan fingerprint density at radius 2 is 1.83 bits per heavy atom. The fraction of sp³-hybridized carbons (Fsp3) is 0.500. The smallest absolute Gasteiger partial charge is 0.306 e. The standard InChI is InChI=1S/C16H23NO5S/c1-4-21-13-7-6-12(10-14(13)22-5-2)17-15(18)11-23-9-8-16(19)20-3/h6-7,10H,4-5,8-9,11H2,1-3H3,(H,17,18). The Morgan fingerprint density at radius 1 is 1.13 bits per heavy atom. The number of nitrogens with one attached hydrogen (secondary N) is 1. The maximum atomic E-state index is 11.9. The molecule has 1 amide bonds. The zero-order chi connectivity index (χ0) is 17.1. The van der Waals surface area contributed by atoms with Gasteiger partial charge in [0.2, 0.25) is 5.91 Å². The summed E-state index contributed by atoms with van der Waals surface area (Å²) in [6.07, 6.45) is 0.298. The largest absolute Gasteiger partial charge is 0.490 e. The van der Waals surface area contributed by atoms with Gasteiger partial charge in [-0.15, -0.1) is 0 Å². The second-order valence-corrected chi connectivity index (χ2v) is 5.56. The van der Waals surface area contributed by atoms with E-state index in [2.05, 4.69) is 10.1 Å². The second-order valence-electron chi connectivity index (χ2n) is 4.45. The van der Waals surface area contributed by atoms with Crippen molar-refractivity contribution in [1.82, 2.24) is 0 Å². The molecule has 7 heteroatoms. The van der Waals surface area contributed by atoms with E-state index in [-0.39, 0.29) is 17.6 Å². The van der Waals surface area contributed by atoms with Crippen LogP contribution >= 0.6 is 11.8 Å². The normalized spacial score (nSPS) is 10.0. The minimum Gasteiger partial charge on any atom is -0.490 e. The van der Waals surface area contributed by atoms with Crippen molar-refractivity contribution in [2.75, 3.05) is 37.1 Å². The van der Waals surface area contributed by atoms with Crippen LogP contribution in [0.4, 0.5) is 5.69 Å². The number of anilines is 1. The molecule has 23 heavy (non-hydrogen) atoms. The van der Waals surface area contributed by atoms with E-state index >= 15 is 0 Å². The van der Waals surface area contributed by atoms with Gasteiger partial charge in [0.05, 0.1) is 32.5 Å². The lowest BCUT2D eigenvalue weighted by Gasteiger charge is -2.13. The molecule has 1 rings (SSSR count). The summed E-state index contributed by atoms with van der Waals surface area (Å²) >= 11 is 1.38. The Morgan fingerprint density at radius 3 is 2.48 bits per heavy atom. The van der Waals surface area contributed by atoms with Gasteiger partial charge in [-0.2, -0.15) is 11.8 Å². The summed E-state index contributed by atoms with van der Waals surface area (Å²) in [6.45, 7) is 4.85. The van der Waals surface area contributed by atoms with Crippen LogP contribution in [0, 0.1) is 0 Å². The Hall–Kier alpha value is -1.89. The van der Waals surface area contributed by atoms with Gasteiger partial charge < -0.3 is 19.5 Å². The van der Waals surface area contributed by atoms with E-state index in [9.17, 15) is 9.59 Å². The summed E-state index contributed by atoms with van der Waals surface area (Å²) in [7, 11) is 1.35. The summed E-state index contributed by atoms with van der Waals surface area (Å²) < 4.78 is 15.5. The van der Waals surface area contributed by atoms with Crippen molar-refractivity contribution < 1.29 is 23.8 Å². The third-order valence-corrected chi connectivity index (χ3v) is 3.70. The highest BCUT2D eigenvalue weighted by molar-refractivity contribution is 7.99. The van der Waals surface area contributed by atoms with Gasteiger partial charge in [0, 0.05) is 17.5 Å². The van der Waals surface area contributed by atoms with Crippen molar-refractivity contribution in [2.24, 2.45) is 0 Å². The second kappa shape index (κ2) is 10.8. The number of methoxy groups -OCH3 is 1. The first-order valence-corrected chi connectivity index (χ1v) is 8.60. The van der Waals surface area contributed by atoms with E-state index in [1.54, 1.807) is 18.2 Å². The zero-order valence-corrected chi connectivity index (χ0v) is 14.5. The minimum absolute atomic E-state index is 0.133. The lowest BCUT2D eigenvalue weighted by Crippen LogP contribution is -2.15. The summed E-state index contributed by atoms with van der Waals surface area (Å²) in [4.78, 5) is 22.9. The SMILES string of the molecule is CCOc1ccc(NC(=O)CSCCC(=O)OC)cc1OCC. The summed E-state index contributed by atoms with van der Waals surface area (Å²) in [5.41, 5.74) is 0.649. The van der Waals surface area contributed by atoms with Crippen LogP contribution in [0.5, 0.6) is 11.5 Å². The number of amides is 1. The third kappa shape index (κ3) is 7.27. The van der Waals surface area contributed by atoms with Gasteiger partial charge in [-0.3, -0.25) is 9.59 Å². The molecular weight excluding hydrogens is 318 g/mol. The predicted octanol–water partition coefficient (Wildman–Crippen LogP) is 2.72. The van der Waals surface area contributed by atoms with Crippen molar-refractivity contribution in [3.8, 4) is 11.5 Å². The van der Waals surface area contributed by atoms with Crippen LogP contribution in [0.15, 0.2) is 18.2 Å². The van der Waals surface area contributed by atoms with Crippen LogP contribution in [0.2, 0.25) is 0 Å². The van der Waals surface area contributed by atoms with Crippen molar-refractivity contribution in [3.63, 3.8) is 0 Å². The molecule has 0 unspecified atom stereocenters. The van der Waals surface area contributed by atoms with Gasteiger partial charge in [-0.05, 0) is 26.0 Å². The van der Waals surface area contributed by atoms with Crippen LogP contribution in [-0.2, 0) is 14.3 Å².